The molecule has 2 N–H and O–H groups in total. The van der Waals surface area contributed by atoms with Crippen molar-refractivity contribution in [1.82, 2.24) is 4.90 Å². The lowest BCUT2D eigenvalue weighted by atomic mass is 10.1. The molecule has 0 bridgehead atoms. The van der Waals surface area contributed by atoms with E-state index in [1.807, 2.05) is 18.2 Å². The standard InChI is InChI=1S/C14H18ClN3O/c1-19-13-5-4-10(6-11(13)15)12-7-17-14(16)18(12)8-9-2-3-9/h4-6,9,12H,2-3,7-8H2,1H3,(H2,16,17). The second-order valence-electron chi connectivity index (χ2n) is 5.20. The zero-order chi connectivity index (χ0) is 13.4. The SMILES string of the molecule is COc1ccc(C2CN=C(N)N2CC2CC2)cc1Cl. The normalized spacial score (nSPS) is 22.5. The molecule has 102 valence electrons. The lowest BCUT2D eigenvalue weighted by Crippen LogP contribution is -2.37. The number of hydrogen-bond donors (Lipinski definition) is 1. The third-order valence-electron chi connectivity index (χ3n) is 3.81. The second-order valence-corrected chi connectivity index (χ2v) is 5.61. The van der Waals surface area contributed by atoms with Gasteiger partial charge in [-0.1, -0.05) is 17.7 Å². The Morgan fingerprint density at radius 3 is 2.89 bits per heavy atom. The summed E-state index contributed by atoms with van der Waals surface area (Å²) in [6.07, 6.45) is 2.61. The van der Waals surface area contributed by atoms with Gasteiger partial charge in [0.15, 0.2) is 5.96 Å². The zero-order valence-corrected chi connectivity index (χ0v) is 11.7. The minimum Gasteiger partial charge on any atom is -0.495 e. The number of nitrogens with zero attached hydrogens (tertiary/aromatic N) is 2. The molecular formula is C14H18ClN3O. The van der Waals surface area contributed by atoms with Crippen LogP contribution in [0.2, 0.25) is 5.02 Å². The Bertz CT molecular complexity index is 513. The van der Waals surface area contributed by atoms with Crippen LogP contribution in [0.1, 0.15) is 24.4 Å². The molecule has 1 aromatic carbocycles. The van der Waals surface area contributed by atoms with Gasteiger partial charge in [0, 0.05) is 6.54 Å². The summed E-state index contributed by atoms with van der Waals surface area (Å²) < 4.78 is 5.19. The van der Waals surface area contributed by atoms with Crippen LogP contribution in [0.5, 0.6) is 5.75 Å². The molecule has 0 amide bonds. The number of methoxy groups -OCH3 is 1. The van der Waals surface area contributed by atoms with E-state index in [1.165, 1.54) is 12.8 Å². The Balaban J connectivity index is 1.82. The molecule has 5 heteroatoms. The first-order valence-corrected chi connectivity index (χ1v) is 6.97. The van der Waals surface area contributed by atoms with Crippen LogP contribution in [0.25, 0.3) is 0 Å². The molecular weight excluding hydrogens is 262 g/mol. The highest BCUT2D eigenvalue weighted by molar-refractivity contribution is 6.32. The molecule has 3 rings (SSSR count). The first-order chi connectivity index (χ1) is 9.19. The van der Waals surface area contributed by atoms with Crippen molar-refractivity contribution >= 4 is 17.6 Å². The van der Waals surface area contributed by atoms with E-state index >= 15 is 0 Å². The Labute approximate surface area is 118 Å². The molecule has 0 aromatic heterocycles. The number of aliphatic imine (C=N–C) groups is 1. The van der Waals surface area contributed by atoms with E-state index in [0.717, 1.165) is 18.0 Å². The predicted molar refractivity (Wildman–Crippen MR) is 76.7 cm³/mol. The van der Waals surface area contributed by atoms with E-state index < -0.39 is 0 Å². The van der Waals surface area contributed by atoms with E-state index in [2.05, 4.69) is 9.89 Å². The number of hydrogen-bond acceptors (Lipinski definition) is 4. The molecule has 1 saturated carbocycles. The van der Waals surface area contributed by atoms with E-state index in [9.17, 15) is 0 Å². The molecule has 0 spiro atoms. The van der Waals surface area contributed by atoms with Crippen LogP contribution in [0.15, 0.2) is 23.2 Å². The van der Waals surface area contributed by atoms with Crippen LogP contribution < -0.4 is 10.5 Å². The fourth-order valence-electron chi connectivity index (χ4n) is 2.50. The molecule has 1 unspecified atom stereocenters. The monoisotopic (exact) mass is 279 g/mol. The van der Waals surface area contributed by atoms with Gasteiger partial charge in [-0.25, -0.2) is 0 Å². The summed E-state index contributed by atoms with van der Waals surface area (Å²) in [5.41, 5.74) is 7.14. The average Bonchev–Trinajstić information content (AvgIpc) is 3.14. The van der Waals surface area contributed by atoms with Gasteiger partial charge in [0.25, 0.3) is 0 Å². The lowest BCUT2D eigenvalue weighted by Gasteiger charge is -2.26. The van der Waals surface area contributed by atoms with Gasteiger partial charge in [-0.05, 0) is 36.5 Å². The number of nitrogens with two attached hydrogens (primary N) is 1. The molecule has 1 atom stereocenters. The molecule has 0 saturated heterocycles. The van der Waals surface area contributed by atoms with Gasteiger partial charge in [0.1, 0.15) is 5.75 Å². The van der Waals surface area contributed by atoms with Crippen molar-refractivity contribution in [3.05, 3.63) is 28.8 Å². The van der Waals surface area contributed by atoms with Crippen molar-refractivity contribution < 1.29 is 4.74 Å². The van der Waals surface area contributed by atoms with Gasteiger partial charge >= 0.3 is 0 Å². The van der Waals surface area contributed by atoms with Crippen molar-refractivity contribution in [2.75, 3.05) is 20.2 Å². The van der Waals surface area contributed by atoms with Crippen molar-refractivity contribution in [3.8, 4) is 5.75 Å². The summed E-state index contributed by atoms with van der Waals surface area (Å²) in [5.74, 6) is 2.14. The van der Waals surface area contributed by atoms with E-state index in [0.29, 0.717) is 23.3 Å². The summed E-state index contributed by atoms with van der Waals surface area (Å²) in [6, 6.07) is 6.12. The zero-order valence-electron chi connectivity index (χ0n) is 11.0. The number of benzene rings is 1. The summed E-state index contributed by atoms with van der Waals surface area (Å²) in [6.45, 7) is 1.71. The molecule has 1 aromatic rings. The maximum atomic E-state index is 6.20. The predicted octanol–water partition coefficient (Wildman–Crippen LogP) is 2.43. The largest absolute Gasteiger partial charge is 0.495 e. The molecule has 2 aliphatic rings. The molecule has 4 nitrogen and oxygen atoms in total. The Hall–Kier alpha value is -1.42. The fraction of sp³-hybridized carbons (Fsp3) is 0.500. The molecule has 0 radical (unpaired) electrons. The maximum absolute atomic E-state index is 6.20. The Morgan fingerprint density at radius 2 is 2.26 bits per heavy atom. The van der Waals surface area contributed by atoms with Crippen LogP contribution in [0.4, 0.5) is 0 Å². The minimum absolute atomic E-state index is 0.212. The van der Waals surface area contributed by atoms with E-state index in [1.54, 1.807) is 7.11 Å². The summed E-state index contributed by atoms with van der Waals surface area (Å²) in [4.78, 5) is 6.58. The van der Waals surface area contributed by atoms with Crippen LogP contribution in [0, 0.1) is 5.92 Å². The van der Waals surface area contributed by atoms with Crippen molar-refractivity contribution in [1.29, 1.82) is 0 Å². The Morgan fingerprint density at radius 1 is 1.47 bits per heavy atom. The van der Waals surface area contributed by atoms with E-state index in [4.69, 9.17) is 22.1 Å². The van der Waals surface area contributed by atoms with Crippen LogP contribution in [0.3, 0.4) is 0 Å². The summed E-state index contributed by atoms with van der Waals surface area (Å²) in [7, 11) is 1.62. The molecule has 1 aliphatic heterocycles. The second kappa shape index (κ2) is 4.93. The number of ether oxygens (including phenoxy) is 1. The fourth-order valence-corrected chi connectivity index (χ4v) is 2.77. The quantitative estimate of drug-likeness (QED) is 0.921. The van der Waals surface area contributed by atoms with Crippen molar-refractivity contribution in [2.24, 2.45) is 16.6 Å². The van der Waals surface area contributed by atoms with E-state index in [-0.39, 0.29) is 6.04 Å². The molecule has 19 heavy (non-hydrogen) atoms. The lowest BCUT2D eigenvalue weighted by molar-refractivity contribution is 0.333. The highest BCUT2D eigenvalue weighted by Gasteiger charge is 2.33. The van der Waals surface area contributed by atoms with Crippen LogP contribution >= 0.6 is 11.6 Å². The van der Waals surface area contributed by atoms with Crippen LogP contribution in [-0.4, -0.2) is 31.1 Å². The van der Waals surface area contributed by atoms with Crippen molar-refractivity contribution in [2.45, 2.75) is 18.9 Å². The number of rotatable bonds is 4. The maximum Gasteiger partial charge on any atom is 0.191 e. The minimum atomic E-state index is 0.212. The van der Waals surface area contributed by atoms with Gasteiger partial charge < -0.3 is 15.4 Å². The third kappa shape index (κ3) is 2.50. The first kappa shape index (κ1) is 12.6. The first-order valence-electron chi connectivity index (χ1n) is 6.59. The summed E-state index contributed by atoms with van der Waals surface area (Å²) in [5, 5.41) is 0.636. The molecule has 1 fully saturated rings. The molecule has 1 heterocycles. The number of guanidine groups is 1. The Kier molecular flexibility index (Phi) is 3.27. The van der Waals surface area contributed by atoms with Gasteiger partial charge in [0.05, 0.1) is 24.7 Å². The summed E-state index contributed by atoms with van der Waals surface area (Å²) >= 11 is 6.20. The van der Waals surface area contributed by atoms with Gasteiger partial charge in [-0.2, -0.15) is 0 Å². The third-order valence-corrected chi connectivity index (χ3v) is 4.10. The number of halogens is 1. The van der Waals surface area contributed by atoms with Crippen molar-refractivity contribution in [3.63, 3.8) is 0 Å². The topological polar surface area (TPSA) is 50.9 Å². The smallest absolute Gasteiger partial charge is 0.191 e. The van der Waals surface area contributed by atoms with Gasteiger partial charge in [-0.15, -0.1) is 0 Å². The molecule has 1 aliphatic carbocycles. The van der Waals surface area contributed by atoms with Gasteiger partial charge in [0.2, 0.25) is 0 Å². The van der Waals surface area contributed by atoms with Gasteiger partial charge in [-0.3, -0.25) is 4.99 Å². The highest BCUT2D eigenvalue weighted by Crippen LogP contribution is 2.36. The highest BCUT2D eigenvalue weighted by atomic mass is 35.5. The average molecular weight is 280 g/mol. The van der Waals surface area contributed by atoms with Crippen LogP contribution in [-0.2, 0) is 0 Å².